The van der Waals surface area contributed by atoms with Gasteiger partial charge in [0.15, 0.2) is 5.54 Å². The number of aliphatic carboxylic acids is 1. The number of hydrogen-bond acceptors (Lipinski definition) is 5. The Morgan fingerprint density at radius 2 is 1.79 bits per heavy atom. The first-order valence-corrected chi connectivity index (χ1v) is 13.2. The molecule has 8 nitrogen and oxygen atoms in total. The van der Waals surface area contributed by atoms with Gasteiger partial charge in [-0.2, -0.15) is 0 Å². The molecule has 1 aliphatic carbocycles. The number of nitrogens with one attached hydrogen (secondary N) is 1. The maximum atomic E-state index is 13.7. The van der Waals surface area contributed by atoms with E-state index in [2.05, 4.69) is 5.32 Å². The van der Waals surface area contributed by atoms with Crippen LogP contribution in [0.15, 0.2) is 36.4 Å². The molecule has 2 aromatic carbocycles. The lowest BCUT2D eigenvalue weighted by atomic mass is 9.73. The molecule has 0 aromatic heterocycles. The van der Waals surface area contributed by atoms with Crippen LogP contribution in [0.2, 0.25) is 5.02 Å². The molecule has 1 unspecified atom stereocenters. The summed E-state index contributed by atoms with van der Waals surface area (Å²) in [5.41, 5.74) is 0.0689. The number of halogens is 3. The second-order valence-electron chi connectivity index (χ2n) is 9.53. The molecule has 1 aliphatic rings. The van der Waals surface area contributed by atoms with E-state index < -0.39 is 42.3 Å². The molecular formula is C28H35ClF2N2O6. The molecular weight excluding hydrogens is 534 g/mol. The van der Waals surface area contributed by atoms with Crippen molar-refractivity contribution in [1.82, 2.24) is 10.2 Å². The van der Waals surface area contributed by atoms with Crippen molar-refractivity contribution in [3.8, 4) is 11.5 Å². The minimum absolute atomic E-state index is 0.0318. The molecule has 1 saturated carbocycles. The molecule has 1 atom stereocenters. The van der Waals surface area contributed by atoms with Gasteiger partial charge in [0.25, 0.3) is 5.92 Å². The molecule has 214 valence electrons. The van der Waals surface area contributed by atoms with Gasteiger partial charge in [0.05, 0.1) is 37.5 Å². The topological polar surface area (TPSA) is 97.3 Å². The van der Waals surface area contributed by atoms with Gasteiger partial charge in [-0.25, -0.2) is 18.4 Å². The maximum absolute atomic E-state index is 13.7. The number of carbonyl (C=O) groups excluding carboxylic acids is 1. The van der Waals surface area contributed by atoms with Crippen LogP contribution in [-0.2, 0) is 16.1 Å². The van der Waals surface area contributed by atoms with Gasteiger partial charge in [-0.15, -0.1) is 0 Å². The lowest BCUT2D eigenvalue weighted by Gasteiger charge is -2.45. The largest absolute Gasteiger partial charge is 0.493 e. The van der Waals surface area contributed by atoms with Gasteiger partial charge in [-0.05, 0) is 39.3 Å². The highest BCUT2D eigenvalue weighted by Gasteiger charge is 2.62. The Morgan fingerprint density at radius 1 is 1.15 bits per heavy atom. The fraction of sp³-hybridized carbons (Fsp3) is 0.500. The number of urea groups is 1. The monoisotopic (exact) mass is 568 g/mol. The number of rotatable bonds is 13. The number of ether oxygens (including phenoxy) is 3. The van der Waals surface area contributed by atoms with Crippen LogP contribution in [0.1, 0.15) is 56.3 Å². The third kappa shape index (κ3) is 7.10. The number of carboxylic acid groups (broad SMARTS) is 1. The van der Waals surface area contributed by atoms with Gasteiger partial charge < -0.3 is 29.5 Å². The standard InChI is InChI=1S/C28H35ClF2N2O6/c1-5-38-22-14-21(23(29)24(18(22)3)39-6-2)19(4)33(12-13-37-15-20-10-8-7-9-11-20)26(36)32-27(25(34)35)16-28(30,31)17-27/h7-11,14,19H,5-6,12-13,15-17H2,1-4H3,(H,32,36)(H,34,35). The Hall–Kier alpha value is -3.11. The van der Waals surface area contributed by atoms with E-state index in [1.54, 1.807) is 13.0 Å². The van der Waals surface area contributed by atoms with Crippen LogP contribution in [-0.4, -0.2) is 59.8 Å². The van der Waals surface area contributed by atoms with Gasteiger partial charge in [0.1, 0.15) is 11.5 Å². The van der Waals surface area contributed by atoms with Crippen molar-refractivity contribution in [2.45, 2.75) is 64.6 Å². The molecule has 39 heavy (non-hydrogen) atoms. The van der Waals surface area contributed by atoms with Crippen LogP contribution in [0.4, 0.5) is 13.6 Å². The van der Waals surface area contributed by atoms with Crippen molar-refractivity contribution < 1.29 is 37.7 Å². The summed E-state index contributed by atoms with van der Waals surface area (Å²) in [6.07, 6.45) is -1.97. The van der Waals surface area contributed by atoms with Crippen LogP contribution < -0.4 is 14.8 Å². The summed E-state index contributed by atoms with van der Waals surface area (Å²) in [5.74, 6) is -3.75. The first-order valence-electron chi connectivity index (χ1n) is 12.8. The molecule has 0 aliphatic heterocycles. The van der Waals surface area contributed by atoms with E-state index in [4.69, 9.17) is 25.8 Å². The predicted molar refractivity (Wildman–Crippen MR) is 143 cm³/mol. The van der Waals surface area contributed by atoms with Crippen molar-refractivity contribution in [2.75, 3.05) is 26.4 Å². The zero-order valence-electron chi connectivity index (χ0n) is 22.6. The number of hydrogen-bond donors (Lipinski definition) is 2. The highest BCUT2D eigenvalue weighted by molar-refractivity contribution is 6.33. The normalized spacial score (nSPS) is 16.1. The summed E-state index contributed by atoms with van der Waals surface area (Å²) < 4.78 is 44.7. The summed E-state index contributed by atoms with van der Waals surface area (Å²) in [7, 11) is 0. The molecule has 2 aromatic rings. The minimum atomic E-state index is -3.17. The third-order valence-corrected chi connectivity index (χ3v) is 7.07. The minimum Gasteiger partial charge on any atom is -0.493 e. The molecule has 0 bridgehead atoms. The van der Waals surface area contributed by atoms with Crippen molar-refractivity contribution in [1.29, 1.82) is 0 Å². The van der Waals surface area contributed by atoms with E-state index >= 15 is 0 Å². The molecule has 2 amide bonds. The second-order valence-corrected chi connectivity index (χ2v) is 9.91. The van der Waals surface area contributed by atoms with Crippen LogP contribution in [0.25, 0.3) is 0 Å². The Morgan fingerprint density at radius 3 is 2.36 bits per heavy atom. The summed E-state index contributed by atoms with van der Waals surface area (Å²) in [6.45, 7) is 8.33. The molecule has 1 fully saturated rings. The highest BCUT2D eigenvalue weighted by Crippen LogP contribution is 2.46. The molecule has 0 radical (unpaired) electrons. The Labute approximate surface area is 232 Å². The molecule has 3 rings (SSSR count). The molecule has 0 spiro atoms. The number of carboxylic acids is 1. The van der Waals surface area contributed by atoms with E-state index in [0.29, 0.717) is 42.4 Å². The lowest BCUT2D eigenvalue weighted by molar-refractivity contribution is -0.175. The Balaban J connectivity index is 1.90. The number of nitrogens with zero attached hydrogens (tertiary/aromatic N) is 1. The van der Waals surface area contributed by atoms with Crippen LogP contribution in [0.3, 0.4) is 0 Å². The summed E-state index contributed by atoms with van der Waals surface area (Å²) in [6, 6.07) is 9.62. The second kappa shape index (κ2) is 12.8. The molecule has 11 heteroatoms. The van der Waals surface area contributed by atoms with Crippen LogP contribution >= 0.6 is 11.6 Å². The van der Waals surface area contributed by atoms with Gasteiger partial charge in [0.2, 0.25) is 0 Å². The predicted octanol–water partition coefficient (Wildman–Crippen LogP) is 5.99. The lowest BCUT2D eigenvalue weighted by Crippen LogP contribution is -2.68. The van der Waals surface area contributed by atoms with Gasteiger partial charge >= 0.3 is 12.0 Å². The zero-order valence-corrected chi connectivity index (χ0v) is 23.3. The number of amides is 2. The van der Waals surface area contributed by atoms with Gasteiger partial charge in [-0.3, -0.25) is 0 Å². The average molecular weight is 569 g/mol. The summed E-state index contributed by atoms with van der Waals surface area (Å²) in [5, 5.41) is 12.3. The average Bonchev–Trinajstić information content (AvgIpc) is 2.87. The highest BCUT2D eigenvalue weighted by atomic mass is 35.5. The first kappa shape index (κ1) is 30.4. The molecule has 0 heterocycles. The third-order valence-electron chi connectivity index (χ3n) is 6.68. The maximum Gasteiger partial charge on any atom is 0.329 e. The van der Waals surface area contributed by atoms with E-state index in [1.165, 1.54) is 4.90 Å². The van der Waals surface area contributed by atoms with Gasteiger partial charge in [-0.1, -0.05) is 41.9 Å². The first-order chi connectivity index (χ1) is 18.4. The fourth-order valence-electron chi connectivity index (χ4n) is 4.61. The summed E-state index contributed by atoms with van der Waals surface area (Å²) in [4.78, 5) is 26.7. The van der Waals surface area contributed by atoms with Crippen molar-refractivity contribution >= 4 is 23.6 Å². The van der Waals surface area contributed by atoms with Crippen molar-refractivity contribution in [3.63, 3.8) is 0 Å². The van der Waals surface area contributed by atoms with E-state index in [-0.39, 0.29) is 18.2 Å². The SMILES string of the molecule is CCOc1cc(C(C)N(CCOCc2ccccc2)C(=O)NC2(C(=O)O)CC(F)(F)C2)c(Cl)c(OCC)c1C. The van der Waals surface area contributed by atoms with Crippen molar-refractivity contribution in [3.05, 3.63) is 58.1 Å². The fourth-order valence-corrected chi connectivity index (χ4v) is 5.02. The van der Waals surface area contributed by atoms with Crippen molar-refractivity contribution in [2.24, 2.45) is 0 Å². The van der Waals surface area contributed by atoms with Crippen LogP contribution in [0, 0.1) is 6.92 Å². The number of carbonyl (C=O) groups is 2. The Bertz CT molecular complexity index is 1160. The smallest absolute Gasteiger partial charge is 0.329 e. The molecule has 0 saturated heterocycles. The van der Waals surface area contributed by atoms with Crippen LogP contribution in [0.5, 0.6) is 11.5 Å². The summed E-state index contributed by atoms with van der Waals surface area (Å²) >= 11 is 6.75. The van der Waals surface area contributed by atoms with E-state index in [1.807, 2.05) is 51.1 Å². The Kier molecular flexibility index (Phi) is 10.0. The van der Waals surface area contributed by atoms with Gasteiger partial charge in [0, 0.05) is 30.5 Å². The van der Waals surface area contributed by atoms with E-state index in [9.17, 15) is 23.5 Å². The molecule has 2 N–H and O–H groups in total. The van der Waals surface area contributed by atoms with E-state index in [0.717, 1.165) is 5.56 Å². The zero-order chi connectivity index (χ0) is 28.8. The number of benzene rings is 2. The quantitative estimate of drug-likeness (QED) is 0.288. The number of alkyl halides is 2.